The van der Waals surface area contributed by atoms with Crippen LogP contribution in [-0.2, 0) is 5.60 Å². The Hall–Kier alpha value is -0.960. The first kappa shape index (κ1) is 11.5. The molecule has 0 saturated heterocycles. The molecule has 3 heteroatoms. The van der Waals surface area contributed by atoms with Crippen molar-refractivity contribution < 1.29 is 5.11 Å². The van der Waals surface area contributed by atoms with E-state index in [-0.39, 0.29) is 0 Å². The Bertz CT molecular complexity index is 318. The minimum atomic E-state index is -0.724. The first-order chi connectivity index (χ1) is 7.74. The van der Waals surface area contributed by atoms with Crippen molar-refractivity contribution in [2.75, 3.05) is 0 Å². The summed E-state index contributed by atoms with van der Waals surface area (Å²) in [6.07, 6.45) is 11.4. The lowest BCUT2D eigenvalue weighted by Crippen LogP contribution is -2.32. The van der Waals surface area contributed by atoms with Crippen molar-refractivity contribution in [1.29, 1.82) is 0 Å². The minimum Gasteiger partial charge on any atom is -0.383 e. The van der Waals surface area contributed by atoms with Crippen LogP contribution >= 0.6 is 0 Å². The lowest BCUT2D eigenvalue weighted by atomic mass is 9.76. The lowest BCUT2D eigenvalue weighted by molar-refractivity contribution is -0.0192. The Morgan fingerprint density at radius 1 is 1.38 bits per heavy atom. The smallest absolute Gasteiger partial charge is 0.108 e. The zero-order valence-electron chi connectivity index (χ0n) is 9.89. The van der Waals surface area contributed by atoms with Crippen LogP contribution in [0, 0.1) is 5.92 Å². The maximum absolute atomic E-state index is 10.5. The van der Waals surface area contributed by atoms with E-state index < -0.39 is 5.60 Å². The number of aliphatic hydroxyl groups is 1. The van der Waals surface area contributed by atoms with Crippen LogP contribution in [-0.4, -0.2) is 15.1 Å². The van der Waals surface area contributed by atoms with Gasteiger partial charge in [0.05, 0.1) is 11.9 Å². The van der Waals surface area contributed by atoms with E-state index >= 15 is 0 Å². The topological polar surface area (TPSA) is 46.0 Å². The standard InChI is InChI=1S/C13H20N2O/c1-2-3-11-4-6-13(16,7-5-11)12-10-14-8-9-15-12/h8-11,16H,2-7H2,1H3. The van der Waals surface area contributed by atoms with Gasteiger partial charge < -0.3 is 5.11 Å². The van der Waals surface area contributed by atoms with E-state index in [0.717, 1.165) is 37.3 Å². The molecule has 1 saturated carbocycles. The molecule has 1 N–H and O–H groups in total. The Morgan fingerprint density at radius 2 is 2.12 bits per heavy atom. The average Bonchev–Trinajstić information content (AvgIpc) is 2.34. The number of rotatable bonds is 3. The molecular weight excluding hydrogens is 200 g/mol. The minimum absolute atomic E-state index is 0.724. The van der Waals surface area contributed by atoms with Crippen LogP contribution in [0.2, 0.25) is 0 Å². The van der Waals surface area contributed by atoms with E-state index in [2.05, 4.69) is 16.9 Å². The predicted octanol–water partition coefficient (Wildman–Crippen LogP) is 2.65. The molecule has 0 amide bonds. The summed E-state index contributed by atoms with van der Waals surface area (Å²) in [4.78, 5) is 8.27. The Kier molecular flexibility index (Phi) is 3.54. The Morgan fingerprint density at radius 3 is 2.69 bits per heavy atom. The molecule has 1 aromatic heterocycles. The highest BCUT2D eigenvalue weighted by Crippen LogP contribution is 2.39. The molecule has 0 atom stereocenters. The summed E-state index contributed by atoms with van der Waals surface area (Å²) >= 11 is 0. The van der Waals surface area contributed by atoms with Gasteiger partial charge in [0.1, 0.15) is 5.60 Å². The molecule has 0 radical (unpaired) electrons. The van der Waals surface area contributed by atoms with Gasteiger partial charge in [0, 0.05) is 12.4 Å². The molecule has 3 nitrogen and oxygen atoms in total. The summed E-state index contributed by atoms with van der Waals surface area (Å²) in [7, 11) is 0. The Balaban J connectivity index is 2.01. The molecule has 16 heavy (non-hydrogen) atoms. The van der Waals surface area contributed by atoms with Crippen molar-refractivity contribution in [3.63, 3.8) is 0 Å². The van der Waals surface area contributed by atoms with Gasteiger partial charge in [0.25, 0.3) is 0 Å². The monoisotopic (exact) mass is 220 g/mol. The largest absolute Gasteiger partial charge is 0.383 e. The molecule has 1 fully saturated rings. The van der Waals surface area contributed by atoms with Crippen LogP contribution in [0.3, 0.4) is 0 Å². The third-order valence-electron chi connectivity index (χ3n) is 3.67. The summed E-state index contributed by atoms with van der Waals surface area (Å²) < 4.78 is 0. The molecule has 0 spiro atoms. The van der Waals surface area contributed by atoms with Gasteiger partial charge >= 0.3 is 0 Å². The number of aromatic nitrogens is 2. The van der Waals surface area contributed by atoms with Gasteiger partial charge in [-0.2, -0.15) is 0 Å². The molecular formula is C13H20N2O. The van der Waals surface area contributed by atoms with E-state index in [4.69, 9.17) is 0 Å². The normalized spacial score (nSPS) is 30.2. The molecule has 1 heterocycles. The third-order valence-corrected chi connectivity index (χ3v) is 3.67. The summed E-state index contributed by atoms with van der Waals surface area (Å²) in [6.45, 7) is 2.23. The van der Waals surface area contributed by atoms with Crippen LogP contribution in [0.1, 0.15) is 51.1 Å². The van der Waals surface area contributed by atoms with Gasteiger partial charge in [-0.25, -0.2) is 0 Å². The van der Waals surface area contributed by atoms with Crippen LogP contribution in [0.15, 0.2) is 18.6 Å². The molecule has 0 bridgehead atoms. The van der Waals surface area contributed by atoms with Gasteiger partial charge in [-0.15, -0.1) is 0 Å². The second kappa shape index (κ2) is 4.91. The molecule has 0 aliphatic heterocycles. The lowest BCUT2D eigenvalue weighted by Gasteiger charge is -2.35. The van der Waals surface area contributed by atoms with E-state index in [1.54, 1.807) is 18.6 Å². The van der Waals surface area contributed by atoms with Crippen molar-refractivity contribution >= 4 is 0 Å². The second-order valence-electron chi connectivity index (χ2n) is 4.85. The quantitative estimate of drug-likeness (QED) is 0.851. The van der Waals surface area contributed by atoms with Gasteiger partial charge in [-0.05, 0) is 31.6 Å². The van der Waals surface area contributed by atoms with Crippen LogP contribution in [0.5, 0.6) is 0 Å². The zero-order valence-corrected chi connectivity index (χ0v) is 9.89. The SMILES string of the molecule is CCCC1CCC(O)(c2cnccn2)CC1. The summed E-state index contributed by atoms with van der Waals surface area (Å²) in [5.74, 6) is 0.793. The van der Waals surface area contributed by atoms with Gasteiger partial charge in [0.2, 0.25) is 0 Å². The maximum atomic E-state index is 10.5. The highest BCUT2D eigenvalue weighted by molar-refractivity contribution is 5.09. The van der Waals surface area contributed by atoms with Crippen LogP contribution < -0.4 is 0 Å². The maximum Gasteiger partial charge on any atom is 0.108 e. The third kappa shape index (κ3) is 2.40. The Labute approximate surface area is 96.9 Å². The fourth-order valence-electron chi connectivity index (χ4n) is 2.65. The van der Waals surface area contributed by atoms with Crippen molar-refractivity contribution in [1.82, 2.24) is 9.97 Å². The average molecular weight is 220 g/mol. The molecule has 0 unspecified atom stereocenters. The number of hydrogen-bond acceptors (Lipinski definition) is 3. The molecule has 1 aromatic rings. The van der Waals surface area contributed by atoms with E-state index in [1.807, 2.05) is 0 Å². The highest BCUT2D eigenvalue weighted by Gasteiger charge is 2.35. The molecule has 88 valence electrons. The van der Waals surface area contributed by atoms with Crippen molar-refractivity contribution in [3.05, 3.63) is 24.3 Å². The van der Waals surface area contributed by atoms with Crippen molar-refractivity contribution in [3.8, 4) is 0 Å². The van der Waals surface area contributed by atoms with Gasteiger partial charge in [0.15, 0.2) is 0 Å². The highest BCUT2D eigenvalue weighted by atomic mass is 16.3. The fraction of sp³-hybridized carbons (Fsp3) is 0.692. The summed E-state index contributed by atoms with van der Waals surface area (Å²) in [5, 5.41) is 10.5. The van der Waals surface area contributed by atoms with Crippen LogP contribution in [0.4, 0.5) is 0 Å². The summed E-state index contributed by atoms with van der Waals surface area (Å²) in [6, 6.07) is 0. The van der Waals surface area contributed by atoms with Gasteiger partial charge in [-0.3, -0.25) is 9.97 Å². The second-order valence-corrected chi connectivity index (χ2v) is 4.85. The van der Waals surface area contributed by atoms with Crippen LogP contribution in [0.25, 0.3) is 0 Å². The van der Waals surface area contributed by atoms with E-state index in [0.29, 0.717) is 0 Å². The first-order valence-electron chi connectivity index (χ1n) is 6.23. The number of nitrogens with zero attached hydrogens (tertiary/aromatic N) is 2. The zero-order chi connectivity index (χ0) is 11.4. The fourth-order valence-corrected chi connectivity index (χ4v) is 2.65. The molecule has 0 aromatic carbocycles. The summed E-state index contributed by atoms with van der Waals surface area (Å²) in [5.41, 5.74) is 0.0170. The number of hydrogen-bond donors (Lipinski definition) is 1. The molecule has 1 aliphatic carbocycles. The first-order valence-corrected chi connectivity index (χ1v) is 6.23. The van der Waals surface area contributed by atoms with Crippen molar-refractivity contribution in [2.45, 2.75) is 51.0 Å². The van der Waals surface area contributed by atoms with E-state index in [9.17, 15) is 5.11 Å². The van der Waals surface area contributed by atoms with Crippen molar-refractivity contribution in [2.24, 2.45) is 5.92 Å². The molecule has 1 aliphatic rings. The molecule has 2 rings (SSSR count). The predicted molar refractivity (Wildman–Crippen MR) is 62.8 cm³/mol. The van der Waals surface area contributed by atoms with Gasteiger partial charge in [-0.1, -0.05) is 19.8 Å². The van der Waals surface area contributed by atoms with E-state index in [1.165, 1.54) is 12.8 Å².